The van der Waals surface area contributed by atoms with E-state index in [1.54, 1.807) is 0 Å². The summed E-state index contributed by atoms with van der Waals surface area (Å²) in [6, 6.07) is 10.1. The van der Waals surface area contributed by atoms with Crippen molar-refractivity contribution < 1.29 is 0 Å². The first-order chi connectivity index (χ1) is 8.76. The summed E-state index contributed by atoms with van der Waals surface area (Å²) in [5.74, 6) is 0.537. The number of hydrogen-bond acceptors (Lipinski definition) is 3. The third-order valence-electron chi connectivity index (χ3n) is 3.03. The summed E-state index contributed by atoms with van der Waals surface area (Å²) in [6.07, 6.45) is 3.14. The number of nitrogens with zero attached hydrogens (tertiary/aromatic N) is 2. The van der Waals surface area contributed by atoms with E-state index in [-0.39, 0.29) is 0 Å². The van der Waals surface area contributed by atoms with Gasteiger partial charge in [-0.25, -0.2) is 4.98 Å². The highest BCUT2D eigenvalue weighted by Gasteiger charge is 2.29. The summed E-state index contributed by atoms with van der Waals surface area (Å²) in [5, 5.41) is 10.9. The fourth-order valence-electron chi connectivity index (χ4n) is 1.94. The summed E-state index contributed by atoms with van der Waals surface area (Å²) in [4.78, 5) is 5.42. The molecular weight excluding hydrogens is 264 g/mol. The molecule has 4 heteroatoms. The molecule has 1 saturated carbocycles. The topological polar surface area (TPSA) is 36.7 Å². The molecule has 0 N–H and O–H groups in total. The molecule has 0 unspecified atom stereocenters. The predicted molar refractivity (Wildman–Crippen MR) is 73.1 cm³/mol. The summed E-state index contributed by atoms with van der Waals surface area (Å²) in [5.41, 5.74) is 2.20. The molecule has 2 nitrogen and oxygen atoms in total. The molecule has 1 aliphatic rings. The van der Waals surface area contributed by atoms with Gasteiger partial charge in [-0.2, -0.15) is 5.26 Å². The van der Waals surface area contributed by atoms with E-state index in [9.17, 15) is 0 Å². The minimum atomic E-state index is 0.537. The zero-order valence-electron chi connectivity index (χ0n) is 9.69. The monoisotopic (exact) mass is 274 g/mol. The van der Waals surface area contributed by atoms with Crippen molar-refractivity contribution in [2.24, 2.45) is 0 Å². The summed E-state index contributed by atoms with van der Waals surface area (Å²) in [7, 11) is 0. The zero-order valence-corrected chi connectivity index (χ0v) is 11.3. The molecule has 0 aliphatic heterocycles. The van der Waals surface area contributed by atoms with Gasteiger partial charge >= 0.3 is 0 Å². The Labute approximate surface area is 115 Å². The van der Waals surface area contributed by atoms with E-state index < -0.39 is 0 Å². The summed E-state index contributed by atoms with van der Waals surface area (Å²) >= 11 is 7.38. The number of nitriles is 1. The second kappa shape index (κ2) is 4.72. The van der Waals surface area contributed by atoms with E-state index in [2.05, 4.69) is 11.1 Å². The maximum atomic E-state index is 9.11. The summed E-state index contributed by atoms with van der Waals surface area (Å²) < 4.78 is 0. The number of benzene rings is 1. The maximum absolute atomic E-state index is 9.11. The molecule has 0 radical (unpaired) electrons. The zero-order chi connectivity index (χ0) is 12.5. The average Bonchev–Trinajstić information content (AvgIpc) is 3.14. The van der Waals surface area contributed by atoms with Gasteiger partial charge in [0, 0.05) is 17.4 Å². The molecule has 1 fully saturated rings. The molecule has 18 heavy (non-hydrogen) atoms. The Bertz CT molecular complexity index is 606. The minimum absolute atomic E-state index is 0.537. The number of hydrogen-bond donors (Lipinski definition) is 0. The van der Waals surface area contributed by atoms with Gasteiger partial charge in [-0.3, -0.25) is 0 Å². The lowest BCUT2D eigenvalue weighted by Gasteiger charge is -1.97. The smallest absolute Gasteiger partial charge is 0.128 e. The van der Waals surface area contributed by atoms with Crippen LogP contribution >= 0.6 is 22.9 Å². The molecule has 1 heterocycles. The van der Waals surface area contributed by atoms with E-state index >= 15 is 0 Å². The quantitative estimate of drug-likeness (QED) is 0.843. The van der Waals surface area contributed by atoms with Gasteiger partial charge in [0.1, 0.15) is 10.9 Å². The Morgan fingerprint density at radius 2 is 2.06 bits per heavy atom. The van der Waals surface area contributed by atoms with Gasteiger partial charge in [0.15, 0.2) is 0 Å². The van der Waals surface area contributed by atoms with Crippen molar-refractivity contribution in [1.29, 1.82) is 5.26 Å². The summed E-state index contributed by atoms with van der Waals surface area (Å²) in [6.45, 7) is 0. The molecule has 1 aliphatic carbocycles. The normalized spacial score (nSPS) is 14.4. The van der Waals surface area contributed by atoms with Crippen molar-refractivity contribution in [3.05, 3.63) is 50.4 Å². The Morgan fingerprint density at radius 3 is 2.67 bits per heavy atom. The predicted octanol–water partition coefficient (Wildman–Crippen LogP) is 4.14. The average molecular weight is 275 g/mol. The van der Waals surface area contributed by atoms with Crippen LogP contribution in [0.1, 0.15) is 39.9 Å². The molecule has 3 rings (SSSR count). The van der Waals surface area contributed by atoms with Gasteiger partial charge in [0.2, 0.25) is 0 Å². The van der Waals surface area contributed by atoms with Gasteiger partial charge in [-0.15, -0.1) is 11.3 Å². The van der Waals surface area contributed by atoms with Crippen LogP contribution in [0.2, 0.25) is 5.02 Å². The van der Waals surface area contributed by atoms with Crippen LogP contribution in [0, 0.1) is 11.3 Å². The van der Waals surface area contributed by atoms with Crippen LogP contribution in [0.5, 0.6) is 0 Å². The molecule has 2 aromatic rings. The van der Waals surface area contributed by atoms with Gasteiger partial charge in [0.05, 0.1) is 10.7 Å². The molecule has 1 aromatic heterocycles. The Kier molecular flexibility index (Phi) is 3.07. The Morgan fingerprint density at radius 1 is 1.33 bits per heavy atom. The third-order valence-corrected chi connectivity index (χ3v) is 4.26. The van der Waals surface area contributed by atoms with Crippen molar-refractivity contribution in [1.82, 2.24) is 4.98 Å². The number of halogens is 1. The van der Waals surface area contributed by atoms with E-state index in [0.29, 0.717) is 5.92 Å². The molecular formula is C14H11ClN2S. The lowest BCUT2D eigenvalue weighted by Crippen LogP contribution is -1.88. The SMILES string of the molecule is N#Cc1sc(Cc2ccc(Cl)cc2)nc1C1CC1. The molecule has 0 atom stereocenters. The fourth-order valence-corrected chi connectivity index (χ4v) is 3.05. The Balaban J connectivity index is 1.84. The first-order valence-corrected chi connectivity index (χ1v) is 7.10. The van der Waals surface area contributed by atoms with Gasteiger partial charge in [-0.05, 0) is 30.5 Å². The maximum Gasteiger partial charge on any atom is 0.128 e. The minimum Gasteiger partial charge on any atom is -0.244 e. The van der Waals surface area contributed by atoms with Gasteiger partial charge in [-0.1, -0.05) is 23.7 Å². The first-order valence-electron chi connectivity index (χ1n) is 5.90. The van der Waals surface area contributed by atoms with E-state index in [1.165, 1.54) is 29.7 Å². The van der Waals surface area contributed by atoms with Crippen LogP contribution in [-0.4, -0.2) is 4.98 Å². The molecule has 90 valence electrons. The standard InChI is InChI=1S/C14H11ClN2S/c15-11-5-1-9(2-6-11)7-13-17-14(10-3-4-10)12(8-16)18-13/h1-2,5-6,10H,3-4,7H2. The molecule has 0 saturated heterocycles. The van der Waals surface area contributed by atoms with Crippen molar-refractivity contribution in [3.8, 4) is 6.07 Å². The molecule has 0 bridgehead atoms. The Hall–Kier alpha value is -1.37. The first kappa shape index (κ1) is 11.7. The van der Waals surface area contributed by atoms with Crippen molar-refractivity contribution in [2.75, 3.05) is 0 Å². The van der Waals surface area contributed by atoms with Crippen molar-refractivity contribution in [2.45, 2.75) is 25.2 Å². The van der Waals surface area contributed by atoms with Crippen LogP contribution in [0.25, 0.3) is 0 Å². The highest BCUT2D eigenvalue weighted by atomic mass is 35.5. The van der Waals surface area contributed by atoms with Gasteiger partial charge < -0.3 is 0 Å². The molecule has 0 spiro atoms. The lowest BCUT2D eigenvalue weighted by molar-refractivity contribution is 1.00. The molecule has 0 amide bonds. The molecule has 1 aromatic carbocycles. The number of thiazole rings is 1. The lowest BCUT2D eigenvalue weighted by atomic mass is 10.2. The van der Waals surface area contributed by atoms with E-state index in [4.69, 9.17) is 16.9 Å². The van der Waals surface area contributed by atoms with Gasteiger partial charge in [0.25, 0.3) is 0 Å². The van der Waals surface area contributed by atoms with Crippen molar-refractivity contribution >= 4 is 22.9 Å². The van der Waals surface area contributed by atoms with Crippen LogP contribution in [0.4, 0.5) is 0 Å². The second-order valence-corrected chi connectivity index (χ2v) is 6.03. The van der Waals surface area contributed by atoms with E-state index in [0.717, 1.165) is 27.0 Å². The van der Waals surface area contributed by atoms with E-state index in [1.807, 2.05) is 24.3 Å². The number of rotatable bonds is 3. The largest absolute Gasteiger partial charge is 0.244 e. The van der Waals surface area contributed by atoms with Crippen LogP contribution in [-0.2, 0) is 6.42 Å². The van der Waals surface area contributed by atoms with Crippen LogP contribution < -0.4 is 0 Å². The van der Waals surface area contributed by atoms with Crippen LogP contribution in [0.15, 0.2) is 24.3 Å². The third kappa shape index (κ3) is 2.40. The fraction of sp³-hybridized carbons (Fsp3) is 0.286. The van der Waals surface area contributed by atoms with Crippen LogP contribution in [0.3, 0.4) is 0 Å². The highest BCUT2D eigenvalue weighted by Crippen LogP contribution is 2.42. The second-order valence-electron chi connectivity index (χ2n) is 4.51. The number of aromatic nitrogens is 1. The van der Waals surface area contributed by atoms with Crippen molar-refractivity contribution in [3.63, 3.8) is 0 Å². The highest BCUT2D eigenvalue weighted by molar-refractivity contribution is 7.12.